The lowest BCUT2D eigenvalue weighted by Gasteiger charge is -2.30. The molecule has 4 atom stereocenters. The van der Waals surface area contributed by atoms with Crippen molar-refractivity contribution in [1.29, 1.82) is 0 Å². The maximum Gasteiger partial charge on any atom is 0.326 e. The van der Waals surface area contributed by atoms with Crippen LogP contribution < -0.4 is 22.1 Å². The first-order chi connectivity index (χ1) is 16.6. The first kappa shape index (κ1) is 28.2. The molecular weight excluding hydrogens is 454 g/mol. The van der Waals surface area contributed by atoms with Gasteiger partial charge in [-0.1, -0.05) is 20.3 Å². The molecule has 0 radical (unpaired) electrons. The van der Waals surface area contributed by atoms with Crippen molar-refractivity contribution in [2.45, 2.75) is 83.0 Å². The fourth-order valence-corrected chi connectivity index (χ4v) is 4.20. The van der Waals surface area contributed by atoms with Crippen molar-refractivity contribution in [3.63, 3.8) is 0 Å². The second-order valence-electron chi connectivity index (χ2n) is 9.45. The van der Waals surface area contributed by atoms with Crippen molar-refractivity contribution in [3.8, 4) is 0 Å². The number of rotatable bonds is 14. The number of unbranched alkanes of at least 4 members (excludes halogenated alkanes) is 1. The molecule has 12 nitrogen and oxygen atoms in total. The van der Waals surface area contributed by atoms with Crippen LogP contribution in [0.1, 0.15) is 58.1 Å². The molecule has 1 aliphatic rings. The van der Waals surface area contributed by atoms with Gasteiger partial charge >= 0.3 is 5.97 Å². The summed E-state index contributed by atoms with van der Waals surface area (Å²) in [5.41, 5.74) is 12.1. The van der Waals surface area contributed by atoms with E-state index in [4.69, 9.17) is 11.5 Å². The summed E-state index contributed by atoms with van der Waals surface area (Å²) in [5.74, 6) is -2.38. The average molecular weight is 494 g/mol. The van der Waals surface area contributed by atoms with Gasteiger partial charge < -0.3 is 37.1 Å². The fourth-order valence-electron chi connectivity index (χ4n) is 4.20. The quantitative estimate of drug-likeness (QED) is 0.186. The molecule has 196 valence electrons. The molecule has 1 aromatic rings. The van der Waals surface area contributed by atoms with Crippen LogP contribution in [-0.4, -0.2) is 80.9 Å². The second-order valence-corrected chi connectivity index (χ2v) is 9.45. The molecule has 1 aromatic heterocycles. The van der Waals surface area contributed by atoms with Gasteiger partial charge in [-0.25, -0.2) is 9.78 Å². The summed E-state index contributed by atoms with van der Waals surface area (Å²) in [5, 5.41) is 14.9. The third-order valence-corrected chi connectivity index (χ3v) is 6.06. The third kappa shape index (κ3) is 8.62. The molecule has 0 bridgehead atoms. The van der Waals surface area contributed by atoms with E-state index in [0.29, 0.717) is 50.9 Å². The zero-order chi connectivity index (χ0) is 26.0. The van der Waals surface area contributed by atoms with Crippen molar-refractivity contribution < 1.29 is 24.3 Å². The monoisotopic (exact) mass is 493 g/mol. The van der Waals surface area contributed by atoms with Gasteiger partial charge in [0.2, 0.25) is 17.7 Å². The van der Waals surface area contributed by atoms with Gasteiger partial charge in [-0.05, 0) is 44.6 Å². The van der Waals surface area contributed by atoms with Crippen LogP contribution in [0.3, 0.4) is 0 Å². The van der Waals surface area contributed by atoms with Gasteiger partial charge in [0.15, 0.2) is 0 Å². The molecule has 2 heterocycles. The van der Waals surface area contributed by atoms with E-state index in [1.165, 1.54) is 17.4 Å². The van der Waals surface area contributed by atoms with Crippen LogP contribution in [0.2, 0.25) is 0 Å². The lowest BCUT2D eigenvalue weighted by atomic mass is 10.0. The van der Waals surface area contributed by atoms with Crippen LogP contribution in [0.5, 0.6) is 0 Å². The zero-order valence-electron chi connectivity index (χ0n) is 20.5. The first-order valence-electron chi connectivity index (χ1n) is 12.2. The number of carboxylic acids is 1. The minimum atomic E-state index is -1.18. The van der Waals surface area contributed by atoms with E-state index in [1.54, 1.807) is 0 Å². The number of H-pyrrole nitrogens is 1. The number of nitrogens with zero attached hydrogens (tertiary/aromatic N) is 2. The van der Waals surface area contributed by atoms with Crippen LogP contribution in [0.4, 0.5) is 0 Å². The van der Waals surface area contributed by atoms with Crippen LogP contribution in [0, 0.1) is 5.92 Å². The predicted octanol–water partition coefficient (Wildman–Crippen LogP) is -0.500. The Morgan fingerprint density at radius 2 is 1.97 bits per heavy atom. The number of nitrogens with one attached hydrogen (secondary N) is 3. The van der Waals surface area contributed by atoms with Gasteiger partial charge in [0.25, 0.3) is 0 Å². The zero-order valence-corrected chi connectivity index (χ0v) is 20.5. The number of likely N-dealkylation sites (tertiary alicyclic amines) is 1. The van der Waals surface area contributed by atoms with E-state index in [1.807, 2.05) is 13.8 Å². The van der Waals surface area contributed by atoms with Gasteiger partial charge in [-0.3, -0.25) is 14.4 Å². The van der Waals surface area contributed by atoms with Crippen molar-refractivity contribution in [2.75, 3.05) is 13.1 Å². The Balaban J connectivity index is 2.07. The molecule has 8 N–H and O–H groups in total. The Morgan fingerprint density at radius 3 is 2.57 bits per heavy atom. The van der Waals surface area contributed by atoms with Gasteiger partial charge in [0.1, 0.15) is 18.1 Å². The lowest BCUT2D eigenvalue weighted by Crippen LogP contribution is -2.57. The molecule has 4 unspecified atom stereocenters. The summed E-state index contributed by atoms with van der Waals surface area (Å²) < 4.78 is 0. The van der Waals surface area contributed by atoms with Gasteiger partial charge in [0, 0.05) is 24.9 Å². The van der Waals surface area contributed by atoms with Crippen LogP contribution >= 0.6 is 0 Å². The van der Waals surface area contributed by atoms with Crippen LogP contribution in [-0.2, 0) is 25.6 Å². The number of aromatic amines is 1. The Kier molecular flexibility index (Phi) is 11.1. The van der Waals surface area contributed by atoms with Crippen LogP contribution in [0.25, 0.3) is 0 Å². The highest BCUT2D eigenvalue weighted by molar-refractivity contribution is 5.94. The van der Waals surface area contributed by atoms with Gasteiger partial charge in [-0.2, -0.15) is 0 Å². The molecular formula is C23H39N7O5. The number of carboxylic acid groups (broad SMARTS) is 1. The number of carbonyl (C=O) groups is 4. The summed E-state index contributed by atoms with van der Waals surface area (Å²) in [4.78, 5) is 58.9. The third-order valence-electron chi connectivity index (χ3n) is 6.06. The van der Waals surface area contributed by atoms with E-state index in [9.17, 15) is 24.3 Å². The largest absolute Gasteiger partial charge is 0.480 e. The molecule has 1 saturated heterocycles. The lowest BCUT2D eigenvalue weighted by molar-refractivity contribution is -0.145. The normalized spacial score (nSPS) is 18.2. The van der Waals surface area contributed by atoms with Gasteiger partial charge in [-0.15, -0.1) is 0 Å². The summed E-state index contributed by atoms with van der Waals surface area (Å²) in [6.07, 6.45) is 6.31. The molecule has 35 heavy (non-hydrogen) atoms. The number of amides is 3. The SMILES string of the molecule is CC(C)CC(NC(=O)C(N)CCCCN)C(=O)N1CCCC1C(=O)NC(Cc1cnc[nH]1)C(=O)O. The number of nitrogens with two attached hydrogens (primary N) is 2. The number of aliphatic carboxylic acids is 1. The molecule has 3 amide bonds. The first-order valence-corrected chi connectivity index (χ1v) is 12.2. The molecule has 0 spiro atoms. The minimum Gasteiger partial charge on any atom is -0.480 e. The Morgan fingerprint density at radius 1 is 1.23 bits per heavy atom. The summed E-state index contributed by atoms with van der Waals surface area (Å²) in [7, 11) is 0. The molecule has 12 heteroatoms. The molecule has 0 aliphatic carbocycles. The number of hydrogen-bond acceptors (Lipinski definition) is 7. The average Bonchev–Trinajstić information content (AvgIpc) is 3.49. The van der Waals surface area contributed by atoms with E-state index < -0.39 is 42.0 Å². The van der Waals surface area contributed by atoms with Crippen molar-refractivity contribution in [2.24, 2.45) is 17.4 Å². The molecule has 0 aromatic carbocycles. The Hall–Kier alpha value is -2.99. The Labute approximate surface area is 205 Å². The van der Waals surface area contributed by atoms with Gasteiger partial charge in [0.05, 0.1) is 12.4 Å². The number of imidazole rings is 1. The topological polar surface area (TPSA) is 197 Å². The second kappa shape index (κ2) is 13.8. The summed E-state index contributed by atoms with van der Waals surface area (Å²) >= 11 is 0. The predicted molar refractivity (Wildman–Crippen MR) is 129 cm³/mol. The number of carbonyl (C=O) groups excluding carboxylic acids is 3. The molecule has 1 aliphatic heterocycles. The van der Waals surface area contributed by atoms with E-state index >= 15 is 0 Å². The van der Waals surface area contributed by atoms with E-state index in [-0.39, 0.29) is 18.2 Å². The number of aromatic nitrogens is 2. The Bertz CT molecular complexity index is 845. The minimum absolute atomic E-state index is 0.0375. The fraction of sp³-hybridized carbons (Fsp3) is 0.696. The van der Waals surface area contributed by atoms with E-state index in [2.05, 4.69) is 20.6 Å². The van der Waals surface area contributed by atoms with Crippen molar-refractivity contribution in [1.82, 2.24) is 25.5 Å². The van der Waals surface area contributed by atoms with Crippen LogP contribution in [0.15, 0.2) is 12.5 Å². The molecule has 0 saturated carbocycles. The maximum atomic E-state index is 13.4. The standard InChI is InChI=1S/C23H39N7O5/c1-14(2)10-17(28-20(31)16(25)6-3-4-8-24)22(33)30-9-5-7-19(30)21(32)29-18(23(34)35)11-15-12-26-13-27-15/h12-14,16-19H,3-11,24-25H2,1-2H3,(H,26,27)(H,28,31)(H,29,32)(H,34,35). The highest BCUT2D eigenvalue weighted by atomic mass is 16.4. The maximum absolute atomic E-state index is 13.4. The van der Waals surface area contributed by atoms with Crippen molar-refractivity contribution >= 4 is 23.7 Å². The van der Waals surface area contributed by atoms with E-state index in [0.717, 1.165) is 6.42 Å². The molecule has 2 rings (SSSR count). The highest BCUT2D eigenvalue weighted by Crippen LogP contribution is 2.21. The molecule has 1 fully saturated rings. The van der Waals surface area contributed by atoms with Crippen molar-refractivity contribution in [3.05, 3.63) is 18.2 Å². The highest BCUT2D eigenvalue weighted by Gasteiger charge is 2.39. The summed E-state index contributed by atoms with van der Waals surface area (Å²) in [6, 6.07) is -3.55. The smallest absolute Gasteiger partial charge is 0.326 e. The summed E-state index contributed by atoms with van der Waals surface area (Å²) in [6.45, 7) is 4.75. The number of hydrogen-bond donors (Lipinski definition) is 6.